The minimum Gasteiger partial charge on any atom is -0.790 e. The van der Waals surface area contributed by atoms with Gasteiger partial charge in [-0.05, 0) is 6.26 Å². The normalized spacial score (nSPS) is 27.5. The molecule has 3 rings (SSSR count). The van der Waals surface area contributed by atoms with Gasteiger partial charge >= 0.3 is 0 Å². The average Bonchev–Trinajstić information content (AvgIpc) is 3.19. The van der Waals surface area contributed by atoms with Gasteiger partial charge in [0.2, 0.25) is 0 Å². The lowest BCUT2D eigenvalue weighted by Gasteiger charge is -2.37. The molecule has 2 aromatic heterocycles. The zero-order valence-corrected chi connectivity index (χ0v) is 19.6. The van der Waals surface area contributed by atoms with Crippen LogP contribution in [0, 0.1) is 0 Å². The molecule has 6 atom stereocenters. The van der Waals surface area contributed by atoms with Gasteiger partial charge in [-0.2, -0.15) is 0 Å². The molecule has 0 spiro atoms. The highest BCUT2D eigenvalue weighted by Crippen LogP contribution is 2.60. The Kier molecular flexibility index (Phi) is 7.71. The molecular weight excluding hydrogens is 535 g/mol. The molecule has 0 aliphatic carbocycles. The van der Waals surface area contributed by atoms with Crippen molar-refractivity contribution in [3.63, 3.8) is 0 Å². The summed E-state index contributed by atoms with van der Waals surface area (Å²) in [6.07, 6.45) is -3.44. The van der Waals surface area contributed by atoms with Gasteiger partial charge in [-0.25, -0.2) is 19.3 Å². The number of phosphoric acid groups is 3. The fourth-order valence-electron chi connectivity index (χ4n) is 2.74. The Morgan fingerprint density at radius 1 is 1.15 bits per heavy atom. The van der Waals surface area contributed by atoms with E-state index in [1.54, 1.807) is 6.26 Å². The number of anilines is 1. The molecule has 0 radical (unpaired) electrons. The van der Waals surface area contributed by atoms with Crippen molar-refractivity contribution in [2.45, 2.75) is 29.7 Å². The minimum atomic E-state index is -6.15. The molecule has 0 aromatic carbocycles. The molecule has 0 saturated carbocycles. The van der Waals surface area contributed by atoms with E-state index < -0.39 is 54.6 Å². The first-order valence-corrected chi connectivity index (χ1v) is 14.0. The van der Waals surface area contributed by atoms with Gasteiger partial charge in [0.05, 0.1) is 20.8 Å². The molecule has 1 aliphatic heterocycles. The maximum absolute atomic E-state index is 11.7. The second-order valence-electron chi connectivity index (χ2n) is 6.27. The summed E-state index contributed by atoms with van der Waals surface area (Å²) >= 11 is 1.16. The van der Waals surface area contributed by atoms with E-state index in [1.807, 2.05) is 0 Å². The third-order valence-corrected chi connectivity index (χ3v) is 8.23. The molecule has 1 saturated heterocycles. The summed E-state index contributed by atoms with van der Waals surface area (Å²) in [5.74, 6) is 0.0328. The predicted octanol–water partition coefficient (Wildman–Crippen LogP) is -3.44. The molecule has 33 heavy (non-hydrogen) atoms. The molecule has 1 fully saturated rings. The monoisotopic (exact) mass is 549 g/mol. The van der Waals surface area contributed by atoms with Crippen LogP contribution in [-0.4, -0.2) is 60.9 Å². The van der Waals surface area contributed by atoms with Crippen molar-refractivity contribution in [1.82, 2.24) is 19.5 Å². The predicted molar refractivity (Wildman–Crippen MR) is 98.4 cm³/mol. The topological polar surface area (TPSA) is 290 Å². The number of aliphatic hydroxyl groups excluding tert-OH is 2. The van der Waals surface area contributed by atoms with Crippen LogP contribution in [0.2, 0.25) is 0 Å². The fourth-order valence-corrected chi connectivity index (χ4v) is 5.97. The number of hydrogen-bond acceptors (Lipinski definition) is 18. The van der Waals surface area contributed by atoms with Crippen LogP contribution in [0.4, 0.5) is 5.82 Å². The molecule has 4 N–H and O–H groups in total. The number of phosphoric ester groups is 1. The van der Waals surface area contributed by atoms with Gasteiger partial charge in [0.15, 0.2) is 22.8 Å². The molecule has 1 aliphatic rings. The van der Waals surface area contributed by atoms with Crippen LogP contribution in [0.15, 0.2) is 11.5 Å². The Labute approximate surface area is 188 Å². The number of fused-ring (bicyclic) bond motifs is 1. The number of thioether (sulfide) groups is 1. The second-order valence-corrected chi connectivity index (χ2v) is 11.3. The molecular formula is C11H14N5O13P3S-4. The standard InChI is InChI=1S/C11H18N5O13P3S/c1-33-11-14-8(12)5-9(15-11)16(3-13-5)10-7(18)6(17)4(27-10)2-26-31(22,23)29-32(24,25)28-30(19,20)21/h3-4,6-7,10,17-18H,2H2,1H3,(H,22,23)(H,24,25)(H2,12,14,15)(H2,19,20,21)/p-4/t4-,6-,7+,10+/m1/s1. The summed E-state index contributed by atoms with van der Waals surface area (Å²) in [6, 6.07) is 0. The van der Waals surface area contributed by atoms with E-state index in [0.29, 0.717) is 0 Å². The van der Waals surface area contributed by atoms with E-state index in [0.717, 1.165) is 11.8 Å². The average molecular weight is 549 g/mol. The lowest BCUT2D eigenvalue weighted by atomic mass is 10.1. The molecule has 0 amide bonds. The van der Waals surface area contributed by atoms with Crippen molar-refractivity contribution >= 4 is 52.2 Å². The minimum absolute atomic E-state index is 0.0328. The van der Waals surface area contributed by atoms with Crippen molar-refractivity contribution in [3.05, 3.63) is 6.33 Å². The summed E-state index contributed by atoms with van der Waals surface area (Å²) in [7, 11) is -18.1. The molecule has 3 heterocycles. The lowest BCUT2D eigenvalue weighted by molar-refractivity contribution is -0.339. The van der Waals surface area contributed by atoms with Crippen molar-refractivity contribution in [2.75, 3.05) is 18.6 Å². The van der Waals surface area contributed by atoms with Gasteiger partial charge < -0.3 is 49.3 Å². The number of nitrogens with two attached hydrogens (primary N) is 1. The van der Waals surface area contributed by atoms with Crippen LogP contribution in [0.1, 0.15) is 6.23 Å². The van der Waals surface area contributed by atoms with E-state index in [-0.39, 0.29) is 22.1 Å². The third-order valence-electron chi connectivity index (χ3n) is 4.02. The van der Waals surface area contributed by atoms with Gasteiger partial charge in [0, 0.05) is 0 Å². The molecule has 2 unspecified atom stereocenters. The summed E-state index contributed by atoms with van der Waals surface area (Å²) < 4.78 is 50.5. The fraction of sp³-hybridized carbons (Fsp3) is 0.545. The van der Waals surface area contributed by atoms with Crippen LogP contribution >= 0.6 is 35.2 Å². The first-order valence-electron chi connectivity index (χ1n) is 8.39. The van der Waals surface area contributed by atoms with Crippen molar-refractivity contribution in [2.24, 2.45) is 0 Å². The van der Waals surface area contributed by atoms with Gasteiger partial charge in [0.1, 0.15) is 23.8 Å². The highest BCUT2D eigenvalue weighted by molar-refractivity contribution is 7.98. The first kappa shape index (κ1) is 26.6. The summed E-state index contributed by atoms with van der Waals surface area (Å²) in [6.45, 7) is -1.08. The number of nitrogen functional groups attached to an aromatic ring is 1. The van der Waals surface area contributed by atoms with Crippen LogP contribution in [-0.2, 0) is 31.6 Å². The quantitative estimate of drug-likeness (QED) is 0.156. The molecule has 18 nitrogen and oxygen atoms in total. The summed E-state index contributed by atoms with van der Waals surface area (Å²) in [5, 5.41) is 20.8. The molecule has 0 bridgehead atoms. The highest BCUT2D eigenvalue weighted by Gasteiger charge is 2.45. The number of aromatic nitrogens is 4. The SMILES string of the molecule is CSc1nc(N)c2ncn([C@H]3O[C@H](COP(=O)([O-])OP(=O)([O-])OP(=O)([O-])[O-])[C@@H](O)[C@@H]3O)c2n1. The highest BCUT2D eigenvalue weighted by atomic mass is 32.2. The van der Waals surface area contributed by atoms with Gasteiger partial charge in [-0.15, -0.1) is 0 Å². The van der Waals surface area contributed by atoms with Crippen LogP contribution in [0.3, 0.4) is 0 Å². The summed E-state index contributed by atoms with van der Waals surface area (Å²) in [4.78, 5) is 55.7. The van der Waals surface area contributed by atoms with Crippen LogP contribution in [0.25, 0.3) is 11.2 Å². The zero-order valence-electron chi connectivity index (χ0n) is 16.1. The van der Waals surface area contributed by atoms with Crippen molar-refractivity contribution in [1.29, 1.82) is 0 Å². The first-order chi connectivity index (χ1) is 15.1. The van der Waals surface area contributed by atoms with Crippen molar-refractivity contribution in [3.8, 4) is 0 Å². The summed E-state index contributed by atoms with van der Waals surface area (Å²) in [5.41, 5.74) is 6.10. The lowest BCUT2D eigenvalue weighted by Crippen LogP contribution is -2.34. The van der Waals surface area contributed by atoms with Crippen molar-refractivity contribution < 1.29 is 61.4 Å². The Bertz CT molecular complexity index is 1170. The van der Waals surface area contributed by atoms with E-state index in [4.69, 9.17) is 10.5 Å². The third kappa shape index (κ3) is 6.36. The number of rotatable bonds is 9. The Morgan fingerprint density at radius 2 is 1.82 bits per heavy atom. The van der Waals surface area contributed by atoms with Gasteiger partial charge in [-0.3, -0.25) is 18.0 Å². The zero-order chi connectivity index (χ0) is 24.8. The van der Waals surface area contributed by atoms with Gasteiger partial charge in [-0.1, -0.05) is 11.8 Å². The van der Waals surface area contributed by atoms with E-state index in [2.05, 4.69) is 28.1 Å². The smallest absolute Gasteiger partial charge is 0.278 e. The maximum atomic E-state index is 11.7. The van der Waals surface area contributed by atoms with E-state index >= 15 is 0 Å². The molecule has 2 aromatic rings. The molecule has 22 heteroatoms. The number of ether oxygens (including phenoxy) is 1. The number of aliphatic hydroxyl groups is 2. The van der Waals surface area contributed by atoms with E-state index in [1.165, 1.54) is 10.9 Å². The Morgan fingerprint density at radius 3 is 2.42 bits per heavy atom. The molecule has 186 valence electrons. The van der Waals surface area contributed by atoms with Crippen LogP contribution in [0.5, 0.6) is 0 Å². The van der Waals surface area contributed by atoms with Crippen LogP contribution < -0.4 is 25.3 Å². The number of imidazole rings is 1. The van der Waals surface area contributed by atoms with Gasteiger partial charge in [0.25, 0.3) is 15.6 Å². The number of hydrogen-bond donors (Lipinski definition) is 3. The van der Waals surface area contributed by atoms with E-state index in [9.17, 15) is 43.5 Å². The maximum Gasteiger partial charge on any atom is 0.278 e. The number of nitrogens with zero attached hydrogens (tertiary/aromatic N) is 4. The Balaban J connectivity index is 1.73. The Hall–Kier alpha value is -1.01. The second kappa shape index (κ2) is 9.56. The largest absolute Gasteiger partial charge is 0.790 e.